The molecule has 0 amide bonds. The molecule has 0 fully saturated rings. The fraction of sp³-hybridized carbons (Fsp3) is 0.111. The lowest BCUT2D eigenvalue weighted by Crippen LogP contribution is -2.19. The maximum Gasteiger partial charge on any atom is 0.276 e. The lowest BCUT2D eigenvalue weighted by Gasteiger charge is -2.16. The van der Waals surface area contributed by atoms with Gasteiger partial charge in [-0.05, 0) is 54.6 Å². The third-order valence-corrected chi connectivity index (χ3v) is 8.60. The zero-order valence-corrected chi connectivity index (χ0v) is 23.2. The van der Waals surface area contributed by atoms with Gasteiger partial charge in [0.1, 0.15) is 22.8 Å². The monoisotopic (exact) mass is 580 g/mol. The van der Waals surface area contributed by atoms with E-state index in [-0.39, 0.29) is 32.5 Å². The molecule has 11 nitrogen and oxygen atoms in total. The van der Waals surface area contributed by atoms with Gasteiger partial charge in [-0.2, -0.15) is 0 Å². The SMILES string of the molecule is COc1ccc(S(=O)(=O)Nc2cccc(Oc3ccc(S(C)(=O)=O)cc3-c3cn(C)c(=O)c4cncn34)c2)cc1. The molecule has 0 atom stereocenters. The van der Waals surface area contributed by atoms with E-state index in [1.54, 1.807) is 48.0 Å². The summed E-state index contributed by atoms with van der Waals surface area (Å²) in [6, 6.07) is 16.7. The number of ether oxygens (including phenoxy) is 2. The van der Waals surface area contributed by atoms with Gasteiger partial charge in [-0.1, -0.05) is 6.07 Å². The Morgan fingerprint density at radius 1 is 0.900 bits per heavy atom. The Morgan fingerprint density at radius 3 is 2.33 bits per heavy atom. The molecule has 0 unspecified atom stereocenters. The van der Waals surface area contributed by atoms with Crippen LogP contribution in [0.15, 0.2) is 100 Å². The van der Waals surface area contributed by atoms with Crippen LogP contribution < -0.4 is 19.8 Å². The first-order valence-electron chi connectivity index (χ1n) is 11.8. The van der Waals surface area contributed by atoms with Crippen molar-refractivity contribution in [2.45, 2.75) is 9.79 Å². The summed E-state index contributed by atoms with van der Waals surface area (Å²) in [7, 11) is -4.40. The predicted molar refractivity (Wildman–Crippen MR) is 149 cm³/mol. The highest BCUT2D eigenvalue weighted by Gasteiger charge is 2.19. The van der Waals surface area contributed by atoms with E-state index in [0.717, 1.165) is 6.26 Å². The zero-order valence-electron chi connectivity index (χ0n) is 21.6. The smallest absolute Gasteiger partial charge is 0.276 e. The van der Waals surface area contributed by atoms with Crippen LogP contribution in [0.2, 0.25) is 0 Å². The summed E-state index contributed by atoms with van der Waals surface area (Å²) in [4.78, 5) is 16.8. The minimum Gasteiger partial charge on any atom is -0.497 e. The average molecular weight is 581 g/mol. The van der Waals surface area contributed by atoms with E-state index < -0.39 is 19.9 Å². The predicted octanol–water partition coefficient (Wildman–Crippen LogP) is 3.71. The third kappa shape index (κ3) is 5.28. The Morgan fingerprint density at radius 2 is 1.62 bits per heavy atom. The second-order valence-corrected chi connectivity index (χ2v) is 12.6. The standard InChI is InChI=1S/C27H24N4O7S2/c1-30-16-25(31-17-28-15-24(31)27(30)32)23-14-22(39(3,33)34)11-12-26(23)38-20-6-4-5-18(13-20)29-40(35,36)21-9-7-19(37-2)8-10-21/h4-17,29H,1-3H3. The van der Waals surface area contributed by atoms with Gasteiger partial charge >= 0.3 is 0 Å². The van der Waals surface area contributed by atoms with Crippen LogP contribution in [0.5, 0.6) is 17.2 Å². The molecule has 5 rings (SSSR count). The quantitative estimate of drug-likeness (QED) is 0.293. The minimum absolute atomic E-state index is 0.0531. The fourth-order valence-corrected chi connectivity index (χ4v) is 5.77. The fourth-order valence-electron chi connectivity index (χ4n) is 4.08. The molecule has 0 aliphatic rings. The second-order valence-electron chi connectivity index (χ2n) is 8.92. The molecule has 0 bridgehead atoms. The molecule has 0 radical (unpaired) electrons. The molecule has 0 aliphatic carbocycles. The lowest BCUT2D eigenvalue weighted by atomic mass is 10.1. The largest absolute Gasteiger partial charge is 0.497 e. The van der Waals surface area contributed by atoms with Crippen molar-refractivity contribution in [1.82, 2.24) is 14.0 Å². The number of aromatic nitrogens is 3. The van der Waals surface area contributed by atoms with Gasteiger partial charge in [0.25, 0.3) is 15.6 Å². The first-order chi connectivity index (χ1) is 19.0. The van der Waals surface area contributed by atoms with Gasteiger partial charge in [0.2, 0.25) is 0 Å². The van der Waals surface area contributed by atoms with E-state index >= 15 is 0 Å². The number of rotatable bonds is 8. The minimum atomic E-state index is -3.90. The molecule has 206 valence electrons. The van der Waals surface area contributed by atoms with E-state index in [9.17, 15) is 21.6 Å². The Balaban J connectivity index is 1.54. The van der Waals surface area contributed by atoms with Crippen LogP contribution >= 0.6 is 0 Å². The molecule has 2 heterocycles. The molecule has 40 heavy (non-hydrogen) atoms. The molecule has 0 saturated carbocycles. The highest BCUT2D eigenvalue weighted by Crippen LogP contribution is 2.36. The summed E-state index contributed by atoms with van der Waals surface area (Å²) in [5.74, 6) is 1.09. The first kappa shape index (κ1) is 27.0. The van der Waals surface area contributed by atoms with Crippen molar-refractivity contribution in [2.24, 2.45) is 7.05 Å². The van der Waals surface area contributed by atoms with Crippen LogP contribution in [0.25, 0.3) is 16.8 Å². The molecular formula is C27H24N4O7S2. The van der Waals surface area contributed by atoms with Crippen molar-refractivity contribution in [3.8, 4) is 28.5 Å². The number of methoxy groups -OCH3 is 1. The van der Waals surface area contributed by atoms with Gasteiger partial charge in [-0.3, -0.25) is 13.9 Å². The number of sulfonamides is 1. The molecule has 3 aromatic carbocycles. The molecule has 2 aromatic heterocycles. The van der Waals surface area contributed by atoms with Gasteiger partial charge in [0.05, 0.1) is 40.8 Å². The van der Waals surface area contributed by atoms with E-state index in [1.807, 2.05) is 0 Å². The molecular weight excluding hydrogens is 556 g/mol. The van der Waals surface area contributed by atoms with E-state index in [2.05, 4.69) is 9.71 Å². The Bertz CT molecular complexity index is 2010. The number of fused-ring (bicyclic) bond motifs is 1. The molecule has 0 saturated heterocycles. The number of hydrogen-bond acceptors (Lipinski definition) is 8. The zero-order chi connectivity index (χ0) is 28.7. The number of imidazole rings is 1. The Hall–Kier alpha value is -4.62. The summed E-state index contributed by atoms with van der Waals surface area (Å²) in [5.41, 5.74) is 1.12. The highest BCUT2D eigenvalue weighted by molar-refractivity contribution is 7.92. The summed E-state index contributed by atoms with van der Waals surface area (Å²) in [6.45, 7) is 0. The summed E-state index contributed by atoms with van der Waals surface area (Å²) in [6.07, 6.45) is 5.53. The summed E-state index contributed by atoms with van der Waals surface area (Å²) >= 11 is 0. The molecule has 0 aliphatic heterocycles. The number of hydrogen-bond donors (Lipinski definition) is 1. The van der Waals surface area contributed by atoms with E-state index in [4.69, 9.17) is 9.47 Å². The van der Waals surface area contributed by atoms with Gasteiger partial charge in [-0.25, -0.2) is 21.8 Å². The lowest BCUT2D eigenvalue weighted by molar-refractivity contribution is 0.414. The van der Waals surface area contributed by atoms with Crippen molar-refractivity contribution in [3.05, 3.63) is 95.8 Å². The Kier molecular flexibility index (Phi) is 6.85. The van der Waals surface area contributed by atoms with Gasteiger partial charge < -0.3 is 14.0 Å². The van der Waals surface area contributed by atoms with Crippen molar-refractivity contribution in [1.29, 1.82) is 0 Å². The maximum absolute atomic E-state index is 12.9. The van der Waals surface area contributed by atoms with Crippen molar-refractivity contribution < 1.29 is 26.3 Å². The number of sulfone groups is 1. The third-order valence-electron chi connectivity index (χ3n) is 6.09. The highest BCUT2D eigenvalue weighted by atomic mass is 32.2. The number of anilines is 1. The van der Waals surface area contributed by atoms with Crippen LogP contribution in [0, 0.1) is 0 Å². The number of aryl methyl sites for hydroxylation is 1. The van der Waals surface area contributed by atoms with Crippen molar-refractivity contribution in [2.75, 3.05) is 18.1 Å². The molecule has 13 heteroatoms. The molecule has 0 spiro atoms. The molecule has 5 aromatic rings. The summed E-state index contributed by atoms with van der Waals surface area (Å²) in [5, 5.41) is 0. The number of benzene rings is 3. The van der Waals surface area contributed by atoms with Crippen molar-refractivity contribution in [3.63, 3.8) is 0 Å². The maximum atomic E-state index is 12.9. The number of nitrogens with one attached hydrogen (secondary N) is 1. The average Bonchev–Trinajstić information content (AvgIpc) is 3.41. The van der Waals surface area contributed by atoms with Crippen LogP contribution in [-0.4, -0.2) is 44.2 Å². The van der Waals surface area contributed by atoms with Gasteiger partial charge in [0.15, 0.2) is 9.84 Å². The number of nitrogens with zero attached hydrogens (tertiary/aromatic N) is 3. The van der Waals surface area contributed by atoms with Crippen LogP contribution in [0.3, 0.4) is 0 Å². The van der Waals surface area contributed by atoms with Crippen molar-refractivity contribution >= 4 is 31.1 Å². The van der Waals surface area contributed by atoms with Crippen LogP contribution in [-0.2, 0) is 26.9 Å². The van der Waals surface area contributed by atoms with Crippen LogP contribution in [0.1, 0.15) is 0 Å². The van der Waals surface area contributed by atoms with Crippen LogP contribution in [0.4, 0.5) is 5.69 Å². The first-order valence-corrected chi connectivity index (χ1v) is 15.1. The Labute approximate surface area is 230 Å². The van der Waals surface area contributed by atoms with Gasteiger partial charge in [0, 0.05) is 31.1 Å². The van der Waals surface area contributed by atoms with E-state index in [0.29, 0.717) is 22.5 Å². The second kappa shape index (κ2) is 10.2. The topological polar surface area (TPSA) is 138 Å². The van der Waals surface area contributed by atoms with Gasteiger partial charge in [-0.15, -0.1) is 0 Å². The summed E-state index contributed by atoms with van der Waals surface area (Å²) < 4.78 is 67.2. The normalized spacial score (nSPS) is 11.9. The molecule has 1 N–H and O–H groups in total. The van der Waals surface area contributed by atoms with E-state index in [1.165, 1.54) is 60.6 Å².